The van der Waals surface area contributed by atoms with Crippen LogP contribution < -0.4 is 32.3 Å². The second kappa shape index (κ2) is 20.8. The molecule has 16 nitrogen and oxygen atoms in total. The van der Waals surface area contributed by atoms with Crippen molar-refractivity contribution in [3.05, 3.63) is 78.5 Å². The second-order valence-corrected chi connectivity index (χ2v) is 14.3. The second-order valence-electron chi connectivity index (χ2n) is 14.1. The predicted molar refractivity (Wildman–Crippen MR) is 219 cm³/mol. The highest BCUT2D eigenvalue weighted by atomic mass is 35.5. The summed E-state index contributed by atoms with van der Waals surface area (Å²) in [5.74, 6) is -3.96. The lowest BCUT2D eigenvalue weighted by Crippen LogP contribution is -2.60. The topological polar surface area (TPSA) is 234 Å². The molecule has 8 N–H and O–H groups in total. The lowest BCUT2D eigenvalue weighted by molar-refractivity contribution is -0.146. The van der Waals surface area contributed by atoms with E-state index in [0.717, 1.165) is 27.2 Å². The number of nitrogens with zero attached hydrogens (tertiary/aromatic N) is 1. The van der Waals surface area contributed by atoms with Crippen LogP contribution in [0.3, 0.4) is 0 Å². The van der Waals surface area contributed by atoms with Crippen LogP contribution in [-0.2, 0) is 39.9 Å². The summed E-state index contributed by atoms with van der Waals surface area (Å²) >= 11 is 5.72. The van der Waals surface area contributed by atoms with E-state index in [9.17, 15) is 33.6 Å². The molecule has 4 aromatic rings. The maximum Gasteiger partial charge on any atom is 0.312 e. The summed E-state index contributed by atoms with van der Waals surface area (Å²) in [5, 5.41) is 16.4. The van der Waals surface area contributed by atoms with Crippen LogP contribution in [-0.4, -0.2) is 102 Å². The normalized spacial score (nSPS) is 15.4. The zero-order chi connectivity index (χ0) is 41.6. The molecule has 308 valence electrons. The van der Waals surface area contributed by atoms with E-state index in [1.54, 1.807) is 12.3 Å². The molecule has 0 bridgehead atoms. The number of carbonyl (C=O) groups is 7. The maximum atomic E-state index is 14.4. The third-order valence-corrected chi connectivity index (χ3v) is 10.3. The molecule has 3 aromatic carbocycles. The minimum absolute atomic E-state index is 0.0258. The number of nitrogens with one attached hydrogen (secondary N) is 6. The Hall–Kier alpha value is -6.16. The average Bonchev–Trinajstić information content (AvgIpc) is 3.64. The van der Waals surface area contributed by atoms with Crippen molar-refractivity contribution in [2.24, 2.45) is 5.73 Å². The molecule has 2 heterocycles. The van der Waals surface area contributed by atoms with E-state index in [1.165, 1.54) is 12.0 Å². The van der Waals surface area contributed by atoms with E-state index in [0.29, 0.717) is 18.5 Å². The molecule has 1 saturated heterocycles. The number of carbonyl (C=O) groups excluding carboxylic acids is 7. The number of hydrogen-bond acceptors (Lipinski definition) is 8. The van der Waals surface area contributed by atoms with E-state index in [4.69, 9.17) is 22.1 Å². The number of aromatic amines is 1. The van der Waals surface area contributed by atoms with Crippen molar-refractivity contribution in [1.82, 2.24) is 31.2 Å². The van der Waals surface area contributed by atoms with Crippen LogP contribution in [0.5, 0.6) is 0 Å². The Morgan fingerprint density at radius 1 is 0.879 bits per heavy atom. The molecular formula is C41H49ClN8O8. The van der Waals surface area contributed by atoms with Gasteiger partial charge in [0.05, 0.1) is 7.11 Å². The summed E-state index contributed by atoms with van der Waals surface area (Å²) < 4.78 is 4.72. The standard InChI is InChI=1S/C41H49ClN8O8/c1-58-36(52)18-17-32(47-35(51)23-42)40(56)50-20-7-6-14-34(50)39(55)49-33(22-27-24-45-30-12-5-4-11-29(27)30)38(54)48-31(13-8-19-44-41(43)57)37(53)46-28-16-15-25-9-2-3-10-26(25)21-28/h2-5,9-12,15-16,21,24,31-34,45H,6-8,13-14,17-20,22-23H2,1H3,(H,46,53)(H,47,51)(H,48,54)(H,49,55)(H3,43,44,57)/t31-,32-,33?,34-/m0/s1. The number of amides is 7. The highest BCUT2D eigenvalue weighted by molar-refractivity contribution is 6.27. The summed E-state index contributed by atoms with van der Waals surface area (Å²) in [4.78, 5) is 96.6. The first kappa shape index (κ1) is 43.0. The van der Waals surface area contributed by atoms with Gasteiger partial charge in [-0.3, -0.25) is 28.8 Å². The number of benzene rings is 3. The van der Waals surface area contributed by atoms with E-state index in [1.807, 2.05) is 60.7 Å². The Balaban J connectivity index is 1.40. The number of piperidine rings is 1. The first-order chi connectivity index (χ1) is 28.0. The van der Waals surface area contributed by atoms with Gasteiger partial charge in [0.1, 0.15) is 30.0 Å². The molecular weight excluding hydrogens is 768 g/mol. The predicted octanol–water partition coefficient (Wildman–Crippen LogP) is 2.98. The van der Waals surface area contributed by atoms with Crippen LogP contribution in [0.4, 0.5) is 10.5 Å². The van der Waals surface area contributed by atoms with E-state index >= 15 is 0 Å². The fraction of sp³-hybridized carbons (Fsp3) is 0.390. The Morgan fingerprint density at radius 2 is 1.64 bits per heavy atom. The number of primary amides is 1. The van der Waals surface area contributed by atoms with Gasteiger partial charge in [-0.2, -0.15) is 0 Å². The van der Waals surface area contributed by atoms with Crippen LogP contribution in [0.2, 0.25) is 0 Å². The number of fused-ring (bicyclic) bond motifs is 2. The van der Waals surface area contributed by atoms with Gasteiger partial charge in [0.15, 0.2) is 0 Å². The van der Waals surface area contributed by atoms with Crippen LogP contribution in [0, 0.1) is 0 Å². The zero-order valence-electron chi connectivity index (χ0n) is 32.2. The molecule has 4 atom stereocenters. The Bertz CT molecular complexity index is 2130. The summed E-state index contributed by atoms with van der Waals surface area (Å²) in [6.07, 6.45) is 3.40. The van der Waals surface area contributed by atoms with Crippen LogP contribution in [0.15, 0.2) is 72.9 Å². The van der Waals surface area contributed by atoms with Crippen LogP contribution >= 0.6 is 11.6 Å². The first-order valence-electron chi connectivity index (χ1n) is 19.2. The molecule has 1 aromatic heterocycles. The fourth-order valence-corrected chi connectivity index (χ4v) is 7.15. The van der Waals surface area contributed by atoms with Crippen molar-refractivity contribution in [2.75, 3.05) is 31.4 Å². The number of aromatic nitrogens is 1. The number of rotatable bonds is 18. The van der Waals surface area contributed by atoms with Gasteiger partial charge in [-0.1, -0.05) is 48.5 Å². The van der Waals surface area contributed by atoms with Crippen molar-refractivity contribution in [1.29, 1.82) is 0 Å². The molecule has 0 aliphatic carbocycles. The summed E-state index contributed by atoms with van der Waals surface area (Å²) in [6.45, 7) is 0.343. The number of ether oxygens (including phenoxy) is 1. The van der Waals surface area contributed by atoms with E-state index < -0.39 is 71.6 Å². The average molecular weight is 817 g/mol. The smallest absolute Gasteiger partial charge is 0.312 e. The minimum atomic E-state index is -1.21. The molecule has 17 heteroatoms. The minimum Gasteiger partial charge on any atom is -0.469 e. The number of nitrogens with two attached hydrogens (primary N) is 1. The summed E-state index contributed by atoms with van der Waals surface area (Å²) in [5.41, 5.74) is 7.30. The van der Waals surface area contributed by atoms with Crippen LogP contribution in [0.25, 0.3) is 21.7 Å². The fourth-order valence-electron chi connectivity index (χ4n) is 7.08. The highest BCUT2D eigenvalue weighted by Crippen LogP contribution is 2.23. The number of anilines is 1. The monoisotopic (exact) mass is 816 g/mol. The molecule has 1 unspecified atom stereocenters. The van der Waals surface area contributed by atoms with Gasteiger partial charge in [0, 0.05) is 48.7 Å². The van der Waals surface area contributed by atoms with Gasteiger partial charge in [-0.15, -0.1) is 11.6 Å². The third-order valence-electron chi connectivity index (χ3n) is 10.1. The first-order valence-corrected chi connectivity index (χ1v) is 19.7. The van der Waals surface area contributed by atoms with Crippen LogP contribution in [0.1, 0.15) is 50.5 Å². The molecule has 0 radical (unpaired) electrons. The number of likely N-dealkylation sites (tertiary alicyclic amines) is 1. The van der Waals surface area contributed by atoms with E-state index in [-0.39, 0.29) is 51.6 Å². The number of para-hydroxylation sites is 1. The molecule has 5 rings (SSSR count). The molecule has 7 amide bonds. The summed E-state index contributed by atoms with van der Waals surface area (Å²) in [6, 6.07) is 15.4. The number of halogens is 1. The molecule has 0 saturated carbocycles. The Morgan fingerprint density at radius 3 is 2.40 bits per heavy atom. The number of methoxy groups -OCH3 is 1. The van der Waals surface area contributed by atoms with Gasteiger partial charge in [-0.05, 0) is 73.1 Å². The van der Waals surface area contributed by atoms with Crippen molar-refractivity contribution in [2.45, 2.75) is 75.5 Å². The molecule has 1 fully saturated rings. The van der Waals surface area contributed by atoms with Gasteiger partial charge < -0.3 is 46.9 Å². The SMILES string of the molecule is COC(=O)CC[C@H](NC(=O)CCl)C(=O)N1CCCC[C@H]1C(=O)NC(Cc1c[nH]c2ccccc12)C(=O)N[C@@H](CCCNC(N)=O)C(=O)Nc1ccc2ccccc2c1. The third kappa shape index (κ3) is 11.7. The zero-order valence-corrected chi connectivity index (χ0v) is 32.9. The van der Waals surface area contributed by atoms with Gasteiger partial charge in [0.25, 0.3) is 0 Å². The van der Waals surface area contributed by atoms with Crippen molar-refractivity contribution in [3.8, 4) is 0 Å². The Labute approximate surface area is 340 Å². The van der Waals surface area contributed by atoms with Crippen molar-refractivity contribution < 1.29 is 38.3 Å². The lowest BCUT2D eigenvalue weighted by atomic mass is 9.97. The number of esters is 1. The molecule has 0 spiro atoms. The number of alkyl halides is 1. The largest absolute Gasteiger partial charge is 0.469 e. The van der Waals surface area contributed by atoms with Crippen molar-refractivity contribution >= 4 is 80.5 Å². The van der Waals surface area contributed by atoms with E-state index in [2.05, 4.69) is 31.6 Å². The quantitative estimate of drug-likeness (QED) is 0.0447. The maximum absolute atomic E-state index is 14.4. The molecule has 58 heavy (non-hydrogen) atoms. The Kier molecular flexibility index (Phi) is 15.4. The van der Waals surface area contributed by atoms with Crippen molar-refractivity contribution in [3.63, 3.8) is 0 Å². The summed E-state index contributed by atoms with van der Waals surface area (Å²) in [7, 11) is 1.21. The highest BCUT2D eigenvalue weighted by Gasteiger charge is 2.38. The van der Waals surface area contributed by atoms with Gasteiger partial charge in [0.2, 0.25) is 29.5 Å². The van der Waals surface area contributed by atoms with Gasteiger partial charge in [-0.25, -0.2) is 4.79 Å². The molecule has 1 aliphatic heterocycles. The number of urea groups is 1. The lowest BCUT2D eigenvalue weighted by Gasteiger charge is -2.37. The van der Waals surface area contributed by atoms with Gasteiger partial charge >= 0.3 is 12.0 Å². The molecule has 1 aliphatic rings. The number of H-pyrrole nitrogens is 1. The number of hydrogen-bond donors (Lipinski definition) is 7.